The molecule has 0 aliphatic rings. The standard InChI is InChI=1S/C11H11BrO2/c1-8(7-13)5-9-6-10(12)3-4-11(9)14-2/h3-7H,1-2H3. The summed E-state index contributed by atoms with van der Waals surface area (Å²) >= 11 is 3.36. The van der Waals surface area contributed by atoms with E-state index in [0.717, 1.165) is 22.1 Å². The lowest BCUT2D eigenvalue weighted by Gasteiger charge is -2.05. The number of hydrogen-bond donors (Lipinski definition) is 0. The number of halogens is 1. The van der Waals surface area contributed by atoms with Crippen LogP contribution in [0.15, 0.2) is 28.2 Å². The number of ether oxygens (including phenoxy) is 1. The van der Waals surface area contributed by atoms with E-state index in [4.69, 9.17) is 4.74 Å². The quantitative estimate of drug-likeness (QED) is 0.612. The van der Waals surface area contributed by atoms with Crippen molar-refractivity contribution < 1.29 is 9.53 Å². The van der Waals surface area contributed by atoms with Crippen molar-refractivity contribution >= 4 is 28.3 Å². The van der Waals surface area contributed by atoms with E-state index in [9.17, 15) is 4.79 Å². The van der Waals surface area contributed by atoms with Gasteiger partial charge in [0, 0.05) is 10.0 Å². The summed E-state index contributed by atoms with van der Waals surface area (Å²) in [6.45, 7) is 1.76. The predicted molar refractivity (Wildman–Crippen MR) is 60.4 cm³/mol. The van der Waals surface area contributed by atoms with Gasteiger partial charge >= 0.3 is 0 Å². The Morgan fingerprint density at radius 3 is 2.79 bits per heavy atom. The Balaban J connectivity index is 3.17. The minimum atomic E-state index is 0.668. The molecule has 0 atom stereocenters. The third-order valence-electron chi connectivity index (χ3n) is 1.76. The van der Waals surface area contributed by atoms with Crippen LogP contribution in [0.1, 0.15) is 12.5 Å². The molecule has 0 N–H and O–H groups in total. The highest BCUT2D eigenvalue weighted by atomic mass is 79.9. The van der Waals surface area contributed by atoms with Crippen molar-refractivity contribution in [2.45, 2.75) is 6.92 Å². The maximum Gasteiger partial charge on any atom is 0.145 e. The number of carbonyl (C=O) groups excluding carboxylic acids is 1. The third-order valence-corrected chi connectivity index (χ3v) is 2.25. The third kappa shape index (κ3) is 2.70. The Hall–Kier alpha value is -1.09. The number of hydrogen-bond acceptors (Lipinski definition) is 2. The number of carbonyl (C=O) groups is 1. The van der Waals surface area contributed by atoms with Crippen molar-refractivity contribution in [1.82, 2.24) is 0 Å². The highest BCUT2D eigenvalue weighted by Crippen LogP contribution is 2.24. The lowest BCUT2D eigenvalue weighted by atomic mass is 10.1. The van der Waals surface area contributed by atoms with Crippen molar-refractivity contribution in [1.29, 1.82) is 0 Å². The first-order valence-corrected chi connectivity index (χ1v) is 4.93. The molecule has 0 saturated carbocycles. The van der Waals surface area contributed by atoms with Crippen LogP contribution in [0.4, 0.5) is 0 Å². The van der Waals surface area contributed by atoms with E-state index in [1.54, 1.807) is 20.1 Å². The van der Waals surface area contributed by atoms with E-state index in [2.05, 4.69) is 15.9 Å². The van der Waals surface area contributed by atoms with E-state index in [-0.39, 0.29) is 0 Å². The van der Waals surface area contributed by atoms with Crippen LogP contribution in [0.2, 0.25) is 0 Å². The summed E-state index contributed by atoms with van der Waals surface area (Å²) < 4.78 is 6.13. The van der Waals surface area contributed by atoms with Crippen LogP contribution >= 0.6 is 15.9 Å². The minimum Gasteiger partial charge on any atom is -0.496 e. The monoisotopic (exact) mass is 254 g/mol. The molecule has 0 fully saturated rings. The van der Waals surface area contributed by atoms with Gasteiger partial charge in [0.1, 0.15) is 12.0 Å². The lowest BCUT2D eigenvalue weighted by Crippen LogP contribution is -1.87. The van der Waals surface area contributed by atoms with Crippen LogP contribution in [0.25, 0.3) is 6.08 Å². The molecule has 0 aliphatic carbocycles. The number of allylic oxidation sites excluding steroid dienone is 1. The molecule has 2 nitrogen and oxygen atoms in total. The van der Waals surface area contributed by atoms with Gasteiger partial charge in [0.15, 0.2) is 0 Å². The zero-order valence-electron chi connectivity index (χ0n) is 8.08. The van der Waals surface area contributed by atoms with Crippen molar-refractivity contribution in [3.05, 3.63) is 33.8 Å². The largest absolute Gasteiger partial charge is 0.496 e. The Labute approximate surface area is 91.7 Å². The van der Waals surface area contributed by atoms with Crippen LogP contribution in [0, 0.1) is 0 Å². The highest BCUT2D eigenvalue weighted by molar-refractivity contribution is 9.10. The van der Waals surface area contributed by atoms with Gasteiger partial charge in [0.05, 0.1) is 7.11 Å². The van der Waals surface area contributed by atoms with Gasteiger partial charge in [-0.15, -0.1) is 0 Å². The van der Waals surface area contributed by atoms with E-state index in [1.807, 2.05) is 18.2 Å². The summed E-state index contributed by atoms with van der Waals surface area (Å²) in [7, 11) is 1.61. The first-order valence-electron chi connectivity index (χ1n) is 4.14. The van der Waals surface area contributed by atoms with E-state index < -0.39 is 0 Å². The molecule has 3 heteroatoms. The molecule has 0 radical (unpaired) electrons. The van der Waals surface area contributed by atoms with Gasteiger partial charge in [-0.25, -0.2) is 0 Å². The first-order chi connectivity index (χ1) is 6.67. The van der Waals surface area contributed by atoms with Crippen LogP contribution in [-0.4, -0.2) is 13.4 Å². The fourth-order valence-electron chi connectivity index (χ4n) is 1.10. The molecular weight excluding hydrogens is 244 g/mol. The molecule has 0 spiro atoms. The van der Waals surface area contributed by atoms with Gasteiger partial charge < -0.3 is 4.74 Å². The Kier molecular flexibility index (Phi) is 3.89. The zero-order valence-corrected chi connectivity index (χ0v) is 9.67. The molecule has 0 bridgehead atoms. The molecule has 1 aromatic carbocycles. The topological polar surface area (TPSA) is 26.3 Å². The molecule has 14 heavy (non-hydrogen) atoms. The average Bonchev–Trinajstić information content (AvgIpc) is 2.18. The second-order valence-corrected chi connectivity index (χ2v) is 3.81. The summed E-state index contributed by atoms with van der Waals surface area (Å²) in [6.07, 6.45) is 2.61. The number of rotatable bonds is 3. The second kappa shape index (κ2) is 4.96. The molecule has 0 aromatic heterocycles. The number of benzene rings is 1. The molecule has 0 unspecified atom stereocenters. The fraction of sp³-hybridized carbons (Fsp3) is 0.182. The molecule has 1 aromatic rings. The van der Waals surface area contributed by atoms with Crippen LogP contribution in [0.5, 0.6) is 5.75 Å². The van der Waals surface area contributed by atoms with Gasteiger partial charge in [-0.05, 0) is 36.8 Å². The summed E-state index contributed by atoms with van der Waals surface area (Å²) in [5.41, 5.74) is 1.56. The zero-order chi connectivity index (χ0) is 10.6. The Bertz CT molecular complexity index is 370. The second-order valence-electron chi connectivity index (χ2n) is 2.89. The molecule has 0 saturated heterocycles. The molecule has 0 amide bonds. The van der Waals surface area contributed by atoms with Crippen molar-refractivity contribution in [2.75, 3.05) is 7.11 Å². The summed E-state index contributed by atoms with van der Waals surface area (Å²) in [5, 5.41) is 0. The van der Waals surface area contributed by atoms with Gasteiger partial charge in [0.2, 0.25) is 0 Å². The molecule has 0 heterocycles. The van der Waals surface area contributed by atoms with Crippen LogP contribution in [0.3, 0.4) is 0 Å². The summed E-state index contributed by atoms with van der Waals surface area (Å²) in [4.78, 5) is 10.5. The van der Waals surface area contributed by atoms with Gasteiger partial charge in [-0.2, -0.15) is 0 Å². The van der Waals surface area contributed by atoms with Crippen molar-refractivity contribution in [3.63, 3.8) is 0 Å². The van der Waals surface area contributed by atoms with Crippen molar-refractivity contribution in [3.8, 4) is 5.75 Å². The first kappa shape index (κ1) is 11.0. The fourth-order valence-corrected chi connectivity index (χ4v) is 1.48. The highest BCUT2D eigenvalue weighted by Gasteiger charge is 2.00. The maximum absolute atomic E-state index is 10.5. The minimum absolute atomic E-state index is 0.668. The van der Waals surface area contributed by atoms with E-state index in [0.29, 0.717) is 5.57 Å². The predicted octanol–water partition coefficient (Wildman–Crippen LogP) is 3.06. The molecule has 74 valence electrons. The van der Waals surface area contributed by atoms with Gasteiger partial charge in [-0.3, -0.25) is 4.79 Å². The van der Waals surface area contributed by atoms with Crippen LogP contribution < -0.4 is 4.74 Å². The van der Waals surface area contributed by atoms with Crippen molar-refractivity contribution in [2.24, 2.45) is 0 Å². The molecular formula is C11H11BrO2. The average molecular weight is 255 g/mol. The van der Waals surface area contributed by atoms with Crippen LogP contribution in [-0.2, 0) is 4.79 Å². The summed E-state index contributed by atoms with van der Waals surface area (Å²) in [5.74, 6) is 0.759. The SMILES string of the molecule is COc1ccc(Br)cc1C=C(C)C=O. The maximum atomic E-state index is 10.5. The normalized spacial score (nSPS) is 11.2. The Morgan fingerprint density at radius 1 is 1.50 bits per heavy atom. The molecule has 1 rings (SSSR count). The van der Waals surface area contributed by atoms with E-state index >= 15 is 0 Å². The van der Waals surface area contributed by atoms with Gasteiger partial charge in [0.25, 0.3) is 0 Å². The Morgan fingerprint density at radius 2 is 2.21 bits per heavy atom. The van der Waals surface area contributed by atoms with Gasteiger partial charge in [-0.1, -0.05) is 15.9 Å². The lowest BCUT2D eigenvalue weighted by molar-refractivity contribution is -0.104. The smallest absolute Gasteiger partial charge is 0.145 e. The van der Waals surface area contributed by atoms with E-state index in [1.165, 1.54) is 0 Å². The molecule has 0 aliphatic heterocycles. The number of aldehydes is 1. The number of methoxy groups -OCH3 is 1. The summed E-state index contributed by atoms with van der Waals surface area (Å²) in [6, 6.07) is 5.66.